The molecule has 1 atom stereocenters. The maximum Gasteiger partial charge on any atom is 0.389 e. The summed E-state index contributed by atoms with van der Waals surface area (Å²) in [5.74, 6) is 0. The quantitative estimate of drug-likeness (QED) is 0.679. The summed E-state index contributed by atoms with van der Waals surface area (Å²) < 4.78 is 35.5. The maximum atomic E-state index is 11.8. The highest BCUT2D eigenvalue weighted by Crippen LogP contribution is 2.23. The number of unbranched alkanes of at least 4 members (excludes halogenated alkanes) is 1. The zero-order valence-corrected chi connectivity index (χ0v) is 8.95. The molecule has 0 aromatic heterocycles. The molecular formula is C10H20F3N. The predicted molar refractivity (Wildman–Crippen MR) is 52.3 cm³/mol. The van der Waals surface area contributed by atoms with Crippen LogP contribution in [-0.4, -0.2) is 19.3 Å². The lowest BCUT2D eigenvalue weighted by Gasteiger charge is -2.15. The van der Waals surface area contributed by atoms with Crippen LogP contribution in [0, 0.1) is 0 Å². The van der Waals surface area contributed by atoms with Gasteiger partial charge in [-0.25, -0.2) is 0 Å². The van der Waals surface area contributed by atoms with Crippen LogP contribution in [0.5, 0.6) is 0 Å². The van der Waals surface area contributed by atoms with Crippen molar-refractivity contribution in [3.63, 3.8) is 0 Å². The Bertz CT molecular complexity index is 134. The summed E-state index contributed by atoms with van der Waals surface area (Å²) in [6.07, 6.45) is -0.644. The van der Waals surface area contributed by atoms with Gasteiger partial charge in [-0.3, -0.25) is 0 Å². The number of rotatable bonds is 7. The molecule has 0 radical (unpaired) electrons. The van der Waals surface area contributed by atoms with E-state index in [-0.39, 0.29) is 12.5 Å². The summed E-state index contributed by atoms with van der Waals surface area (Å²) in [5, 5.41) is 3.06. The van der Waals surface area contributed by atoms with Crippen LogP contribution in [0.2, 0.25) is 0 Å². The summed E-state index contributed by atoms with van der Waals surface area (Å²) in [4.78, 5) is 0. The first-order valence-corrected chi connectivity index (χ1v) is 5.23. The van der Waals surface area contributed by atoms with Crippen molar-refractivity contribution in [1.29, 1.82) is 0 Å². The first-order valence-electron chi connectivity index (χ1n) is 5.23. The number of alkyl halides is 3. The fourth-order valence-electron chi connectivity index (χ4n) is 1.43. The highest BCUT2D eigenvalue weighted by atomic mass is 19.4. The van der Waals surface area contributed by atoms with Gasteiger partial charge in [0.25, 0.3) is 0 Å². The highest BCUT2D eigenvalue weighted by Gasteiger charge is 2.26. The Morgan fingerprint density at radius 1 is 1.14 bits per heavy atom. The molecule has 0 rings (SSSR count). The van der Waals surface area contributed by atoms with Gasteiger partial charge in [-0.1, -0.05) is 19.8 Å². The monoisotopic (exact) mass is 211 g/mol. The minimum atomic E-state index is -4.00. The lowest BCUT2D eigenvalue weighted by atomic mass is 10.0. The molecule has 1 unspecified atom stereocenters. The summed E-state index contributed by atoms with van der Waals surface area (Å²) in [7, 11) is 1.81. The van der Waals surface area contributed by atoms with Crippen molar-refractivity contribution < 1.29 is 13.2 Å². The Balaban J connectivity index is 3.52. The molecule has 0 fully saturated rings. The van der Waals surface area contributed by atoms with Crippen molar-refractivity contribution >= 4 is 0 Å². The molecule has 0 spiro atoms. The van der Waals surface area contributed by atoms with E-state index in [1.165, 1.54) is 0 Å². The molecule has 0 aliphatic carbocycles. The fourth-order valence-corrected chi connectivity index (χ4v) is 1.43. The standard InChI is InChI=1S/C10H20F3N/c1-3-4-6-9(14-2)7-5-8-10(11,12)13/h9,14H,3-8H2,1-2H3. The van der Waals surface area contributed by atoms with Crippen LogP contribution in [0.15, 0.2) is 0 Å². The minimum absolute atomic E-state index is 0.235. The first kappa shape index (κ1) is 13.8. The normalized spacial score (nSPS) is 14.4. The van der Waals surface area contributed by atoms with Gasteiger partial charge in [-0.05, 0) is 26.3 Å². The molecule has 86 valence electrons. The molecule has 0 saturated heterocycles. The Morgan fingerprint density at radius 3 is 2.14 bits per heavy atom. The minimum Gasteiger partial charge on any atom is -0.317 e. The fraction of sp³-hybridized carbons (Fsp3) is 1.00. The molecule has 1 nitrogen and oxygen atoms in total. The molecule has 0 saturated carbocycles. The highest BCUT2D eigenvalue weighted by molar-refractivity contribution is 4.65. The van der Waals surface area contributed by atoms with Gasteiger partial charge in [-0.2, -0.15) is 13.2 Å². The van der Waals surface area contributed by atoms with Gasteiger partial charge in [0.05, 0.1) is 0 Å². The van der Waals surface area contributed by atoms with Gasteiger partial charge in [0, 0.05) is 12.5 Å². The molecule has 0 aromatic rings. The van der Waals surface area contributed by atoms with E-state index in [1.54, 1.807) is 0 Å². The predicted octanol–water partition coefficient (Wildman–Crippen LogP) is 3.50. The summed E-state index contributed by atoms with van der Waals surface area (Å²) in [6, 6.07) is 0.247. The van der Waals surface area contributed by atoms with Gasteiger partial charge >= 0.3 is 6.18 Å². The van der Waals surface area contributed by atoms with Crippen LogP contribution in [0.3, 0.4) is 0 Å². The first-order chi connectivity index (χ1) is 6.49. The van der Waals surface area contributed by atoms with E-state index < -0.39 is 12.6 Å². The number of hydrogen-bond acceptors (Lipinski definition) is 1. The lowest BCUT2D eigenvalue weighted by Crippen LogP contribution is -2.25. The van der Waals surface area contributed by atoms with E-state index in [0.29, 0.717) is 6.42 Å². The Hall–Kier alpha value is -0.250. The van der Waals surface area contributed by atoms with E-state index in [2.05, 4.69) is 12.2 Å². The Kier molecular flexibility index (Phi) is 6.97. The Labute approximate surface area is 84.1 Å². The number of nitrogens with one attached hydrogen (secondary N) is 1. The van der Waals surface area contributed by atoms with Crippen LogP contribution >= 0.6 is 0 Å². The second-order valence-corrected chi connectivity index (χ2v) is 3.64. The molecule has 14 heavy (non-hydrogen) atoms. The third kappa shape index (κ3) is 8.35. The van der Waals surface area contributed by atoms with Crippen molar-refractivity contribution in [1.82, 2.24) is 5.32 Å². The van der Waals surface area contributed by atoms with Crippen LogP contribution in [0.4, 0.5) is 13.2 Å². The molecule has 1 N–H and O–H groups in total. The molecule has 0 bridgehead atoms. The maximum absolute atomic E-state index is 11.8. The third-order valence-electron chi connectivity index (χ3n) is 2.33. The van der Waals surface area contributed by atoms with Crippen LogP contribution in [0.1, 0.15) is 45.4 Å². The van der Waals surface area contributed by atoms with Crippen molar-refractivity contribution in [2.45, 2.75) is 57.7 Å². The van der Waals surface area contributed by atoms with E-state index in [1.807, 2.05) is 7.05 Å². The van der Waals surface area contributed by atoms with E-state index in [4.69, 9.17) is 0 Å². The number of hydrogen-bond donors (Lipinski definition) is 1. The summed E-state index contributed by atoms with van der Waals surface area (Å²) in [5.41, 5.74) is 0. The molecule has 0 aromatic carbocycles. The second kappa shape index (κ2) is 7.10. The molecule has 4 heteroatoms. The smallest absolute Gasteiger partial charge is 0.317 e. The van der Waals surface area contributed by atoms with Gasteiger partial charge in [0.15, 0.2) is 0 Å². The number of halogens is 3. The molecular weight excluding hydrogens is 191 g/mol. The van der Waals surface area contributed by atoms with Crippen LogP contribution in [-0.2, 0) is 0 Å². The van der Waals surface area contributed by atoms with Crippen molar-refractivity contribution in [3.05, 3.63) is 0 Å². The second-order valence-electron chi connectivity index (χ2n) is 3.64. The van der Waals surface area contributed by atoms with Gasteiger partial charge in [0.1, 0.15) is 0 Å². The van der Waals surface area contributed by atoms with Crippen molar-refractivity contribution in [2.75, 3.05) is 7.05 Å². The zero-order valence-electron chi connectivity index (χ0n) is 8.95. The Morgan fingerprint density at radius 2 is 1.71 bits per heavy atom. The van der Waals surface area contributed by atoms with Crippen molar-refractivity contribution in [3.8, 4) is 0 Å². The molecule has 0 heterocycles. The summed E-state index contributed by atoms with van der Waals surface area (Å²) >= 11 is 0. The van der Waals surface area contributed by atoms with Crippen molar-refractivity contribution in [2.24, 2.45) is 0 Å². The van der Waals surface area contributed by atoms with Gasteiger partial charge in [0.2, 0.25) is 0 Å². The van der Waals surface area contributed by atoms with Crippen LogP contribution in [0.25, 0.3) is 0 Å². The molecule has 0 aliphatic rings. The third-order valence-corrected chi connectivity index (χ3v) is 2.33. The van der Waals surface area contributed by atoms with Gasteiger partial charge in [-0.15, -0.1) is 0 Å². The van der Waals surface area contributed by atoms with Crippen LogP contribution < -0.4 is 5.32 Å². The lowest BCUT2D eigenvalue weighted by molar-refractivity contribution is -0.135. The topological polar surface area (TPSA) is 12.0 Å². The van der Waals surface area contributed by atoms with Gasteiger partial charge < -0.3 is 5.32 Å². The average molecular weight is 211 g/mol. The van der Waals surface area contributed by atoms with E-state index >= 15 is 0 Å². The molecule has 0 amide bonds. The molecule has 0 aliphatic heterocycles. The van der Waals surface area contributed by atoms with E-state index in [0.717, 1.165) is 19.3 Å². The summed E-state index contributed by atoms with van der Waals surface area (Å²) in [6.45, 7) is 2.09. The average Bonchev–Trinajstić information content (AvgIpc) is 2.09. The SMILES string of the molecule is CCCCC(CCCC(F)(F)F)NC. The van der Waals surface area contributed by atoms with E-state index in [9.17, 15) is 13.2 Å². The zero-order chi connectivity index (χ0) is 11.0. The largest absolute Gasteiger partial charge is 0.389 e.